The van der Waals surface area contributed by atoms with Gasteiger partial charge in [-0.05, 0) is 31.2 Å². The summed E-state index contributed by atoms with van der Waals surface area (Å²) in [6.07, 6.45) is -15.3. The fourth-order valence-electron chi connectivity index (χ4n) is 4.89. The zero-order valence-electron chi connectivity index (χ0n) is 22.9. The molecule has 2 fully saturated rings. The van der Waals surface area contributed by atoms with Crippen molar-refractivity contribution in [2.24, 2.45) is 0 Å². The average Bonchev–Trinajstić information content (AvgIpc) is 2.99. The molecular weight excluding hydrogens is 576 g/mol. The molecule has 0 aliphatic carbocycles. The fourth-order valence-corrected chi connectivity index (χ4v) is 4.89. The third-order valence-corrected chi connectivity index (χ3v) is 7.40. The number of rotatable bonds is 7. The Morgan fingerprint density at radius 1 is 0.791 bits per heavy atom. The molecule has 10 atom stereocenters. The van der Waals surface area contributed by atoms with Crippen LogP contribution in [0.1, 0.15) is 6.92 Å². The first-order valence-corrected chi connectivity index (χ1v) is 13.3. The summed E-state index contributed by atoms with van der Waals surface area (Å²) in [6.45, 7) is 0.747. The van der Waals surface area contributed by atoms with E-state index in [9.17, 15) is 45.6 Å². The average molecular weight is 609 g/mol. The molecule has 234 valence electrons. The van der Waals surface area contributed by atoms with Gasteiger partial charge in [-0.15, -0.1) is 0 Å². The summed E-state index contributed by atoms with van der Waals surface area (Å²) in [6, 6.07) is 8.45. The fraction of sp³-hybridized carbons (Fsp3) is 0.464. The number of methoxy groups -OCH3 is 1. The van der Waals surface area contributed by atoms with E-state index in [0.29, 0.717) is 11.3 Å². The standard InChI is InChI=1S/C28H32O15/c1-10-18(31)21(34)23(36)27(39-10)43-26-20(33)17-14(30)7-13(40-28-24(37)22(35)19(32)16(9-29)42-28)8-15(17)41-25(26)11-3-5-12(38-2)6-4-11/h3-8,10,16,18-19,21-24,27-32,34-37H,9H2,1-2H3/t10-,16-,18-,19-,21-,22-,23-,24-,27-,28-/m0/s1. The van der Waals surface area contributed by atoms with Gasteiger partial charge in [-0.2, -0.15) is 0 Å². The first-order chi connectivity index (χ1) is 20.4. The van der Waals surface area contributed by atoms with Crippen molar-refractivity contribution in [1.82, 2.24) is 0 Å². The number of ether oxygens (including phenoxy) is 5. The Kier molecular flexibility index (Phi) is 8.80. The van der Waals surface area contributed by atoms with E-state index in [2.05, 4.69) is 0 Å². The SMILES string of the molecule is COc1ccc(-c2oc3cc(O[C@H]4O[C@@H](CO)[C@H](O)[C@H](O)[C@@H]4O)cc(O)c3c(=O)c2O[C@@H]2O[C@@H](C)[C@H](O)[C@H](O)[C@@H]2O)cc1. The van der Waals surface area contributed by atoms with Gasteiger partial charge >= 0.3 is 0 Å². The van der Waals surface area contributed by atoms with Crippen LogP contribution in [0, 0.1) is 0 Å². The van der Waals surface area contributed by atoms with Gasteiger partial charge < -0.3 is 69.0 Å². The zero-order valence-corrected chi connectivity index (χ0v) is 22.9. The Hall–Kier alpha value is -3.51. The Morgan fingerprint density at radius 2 is 1.42 bits per heavy atom. The van der Waals surface area contributed by atoms with Crippen LogP contribution < -0.4 is 19.6 Å². The molecule has 0 spiro atoms. The van der Waals surface area contributed by atoms with Gasteiger partial charge in [0.1, 0.15) is 70.9 Å². The predicted octanol–water partition coefficient (Wildman–Crippen LogP) is -1.44. The van der Waals surface area contributed by atoms with Gasteiger partial charge in [0.15, 0.2) is 5.76 Å². The second-order valence-electron chi connectivity index (χ2n) is 10.2. The normalized spacial score (nSPS) is 32.9. The van der Waals surface area contributed by atoms with Gasteiger partial charge in [0.25, 0.3) is 0 Å². The maximum Gasteiger partial charge on any atom is 0.239 e. The highest BCUT2D eigenvalue weighted by Crippen LogP contribution is 2.38. The second kappa shape index (κ2) is 12.2. The number of hydrogen-bond acceptors (Lipinski definition) is 15. The highest BCUT2D eigenvalue weighted by atomic mass is 16.7. The van der Waals surface area contributed by atoms with Crippen molar-refractivity contribution in [3.05, 3.63) is 46.6 Å². The van der Waals surface area contributed by atoms with Crippen LogP contribution in [0.4, 0.5) is 0 Å². The second-order valence-corrected chi connectivity index (χ2v) is 10.2. The molecular formula is C28H32O15. The highest BCUT2D eigenvalue weighted by molar-refractivity contribution is 5.88. The lowest BCUT2D eigenvalue weighted by molar-refractivity contribution is -0.277. The zero-order chi connectivity index (χ0) is 31.2. The smallest absolute Gasteiger partial charge is 0.239 e. The number of phenols is 1. The molecule has 3 heterocycles. The van der Waals surface area contributed by atoms with Crippen LogP contribution >= 0.6 is 0 Å². The molecule has 43 heavy (non-hydrogen) atoms. The first kappa shape index (κ1) is 30.9. The maximum absolute atomic E-state index is 13.8. The summed E-state index contributed by atoms with van der Waals surface area (Å²) in [5, 5.41) is 81.2. The van der Waals surface area contributed by atoms with E-state index in [4.69, 9.17) is 28.1 Å². The third kappa shape index (κ3) is 5.74. The van der Waals surface area contributed by atoms with Crippen molar-refractivity contribution in [3.63, 3.8) is 0 Å². The van der Waals surface area contributed by atoms with E-state index in [0.717, 1.165) is 6.07 Å². The van der Waals surface area contributed by atoms with Crippen molar-refractivity contribution in [2.45, 2.75) is 68.3 Å². The van der Waals surface area contributed by atoms with Crippen molar-refractivity contribution in [2.75, 3.05) is 13.7 Å². The topological polar surface area (TPSA) is 238 Å². The van der Waals surface area contributed by atoms with Crippen LogP contribution in [-0.4, -0.2) is 116 Å². The minimum absolute atomic E-state index is 0.173. The van der Waals surface area contributed by atoms with Crippen molar-refractivity contribution in [3.8, 4) is 34.3 Å². The first-order valence-electron chi connectivity index (χ1n) is 13.3. The van der Waals surface area contributed by atoms with Crippen LogP contribution in [0.2, 0.25) is 0 Å². The van der Waals surface area contributed by atoms with Gasteiger partial charge in [0.2, 0.25) is 23.8 Å². The Bertz CT molecular complexity index is 1490. The number of benzene rings is 2. The van der Waals surface area contributed by atoms with E-state index in [-0.39, 0.29) is 22.5 Å². The minimum atomic E-state index is -1.76. The van der Waals surface area contributed by atoms with E-state index < -0.39 is 84.9 Å². The Balaban J connectivity index is 1.58. The highest BCUT2D eigenvalue weighted by Gasteiger charge is 2.45. The predicted molar refractivity (Wildman–Crippen MR) is 144 cm³/mol. The molecule has 0 unspecified atom stereocenters. The summed E-state index contributed by atoms with van der Waals surface area (Å²) in [5.41, 5.74) is -0.807. The van der Waals surface area contributed by atoms with E-state index >= 15 is 0 Å². The number of aromatic hydroxyl groups is 1. The quantitative estimate of drug-likeness (QED) is 0.153. The monoisotopic (exact) mass is 608 g/mol. The molecule has 1 aromatic heterocycles. The van der Waals surface area contributed by atoms with Crippen molar-refractivity contribution in [1.29, 1.82) is 0 Å². The van der Waals surface area contributed by atoms with Crippen molar-refractivity contribution < 1.29 is 69.0 Å². The Labute approximate surface area is 243 Å². The summed E-state index contributed by atoms with van der Waals surface area (Å²) in [4.78, 5) is 13.8. The van der Waals surface area contributed by atoms with Gasteiger partial charge in [-0.1, -0.05) is 0 Å². The van der Waals surface area contributed by atoms with E-state index in [1.54, 1.807) is 24.3 Å². The van der Waals surface area contributed by atoms with Gasteiger partial charge in [-0.25, -0.2) is 0 Å². The summed E-state index contributed by atoms with van der Waals surface area (Å²) in [7, 11) is 1.46. The molecule has 2 aliphatic heterocycles. The summed E-state index contributed by atoms with van der Waals surface area (Å²) >= 11 is 0. The minimum Gasteiger partial charge on any atom is -0.507 e. The molecule has 5 rings (SSSR count). The molecule has 2 aromatic carbocycles. The maximum atomic E-state index is 13.8. The van der Waals surface area contributed by atoms with Crippen LogP contribution in [0.3, 0.4) is 0 Å². The van der Waals surface area contributed by atoms with Gasteiger partial charge in [0, 0.05) is 17.7 Å². The lowest BCUT2D eigenvalue weighted by atomic mass is 9.99. The van der Waals surface area contributed by atoms with Crippen LogP contribution in [0.15, 0.2) is 45.6 Å². The molecule has 0 radical (unpaired) electrons. The van der Waals surface area contributed by atoms with Gasteiger partial charge in [-0.3, -0.25) is 4.79 Å². The number of aliphatic hydroxyl groups is 7. The summed E-state index contributed by atoms with van der Waals surface area (Å²) in [5.74, 6) is -1.00. The molecule has 15 nitrogen and oxygen atoms in total. The van der Waals surface area contributed by atoms with Crippen LogP contribution in [0.5, 0.6) is 23.0 Å². The van der Waals surface area contributed by atoms with Crippen molar-refractivity contribution >= 4 is 11.0 Å². The van der Waals surface area contributed by atoms with Gasteiger partial charge in [0.05, 0.1) is 19.8 Å². The van der Waals surface area contributed by atoms with Crippen LogP contribution in [-0.2, 0) is 9.47 Å². The lowest BCUT2D eigenvalue weighted by Crippen LogP contribution is -2.60. The number of fused-ring (bicyclic) bond motifs is 1. The van der Waals surface area contributed by atoms with E-state index in [1.807, 2.05) is 0 Å². The number of aliphatic hydroxyl groups excluding tert-OH is 7. The molecule has 2 saturated heterocycles. The number of hydrogen-bond donors (Lipinski definition) is 8. The third-order valence-electron chi connectivity index (χ3n) is 7.40. The molecule has 2 aliphatic rings. The molecule has 3 aromatic rings. The Morgan fingerprint density at radius 3 is 2.05 bits per heavy atom. The van der Waals surface area contributed by atoms with E-state index in [1.165, 1.54) is 20.1 Å². The molecule has 0 saturated carbocycles. The lowest BCUT2D eigenvalue weighted by Gasteiger charge is -2.39. The summed E-state index contributed by atoms with van der Waals surface area (Å²) < 4.78 is 33.4. The molecule has 0 amide bonds. The largest absolute Gasteiger partial charge is 0.507 e. The van der Waals surface area contributed by atoms with Crippen LogP contribution in [0.25, 0.3) is 22.3 Å². The molecule has 0 bridgehead atoms. The number of phenolic OH excluding ortho intramolecular Hbond substituents is 1. The molecule has 15 heteroatoms. The molecule has 8 N–H and O–H groups in total.